The lowest BCUT2D eigenvalue weighted by Gasteiger charge is -2.22. The normalized spacial score (nSPS) is 15.0. The first-order chi connectivity index (χ1) is 18.4. The van der Waals surface area contributed by atoms with Crippen molar-refractivity contribution >= 4 is 29.2 Å². The fourth-order valence-corrected chi connectivity index (χ4v) is 4.15. The smallest absolute Gasteiger partial charge is 0.332 e. The van der Waals surface area contributed by atoms with Gasteiger partial charge in [-0.2, -0.15) is 0 Å². The Kier molecular flexibility index (Phi) is 8.47. The number of carbonyl (C=O) groups excluding carboxylic acids is 3. The molecular weight excluding hydrogens is 486 g/mol. The monoisotopic (exact) mass is 517 g/mol. The van der Waals surface area contributed by atoms with Gasteiger partial charge < -0.3 is 24.4 Å². The molecule has 0 aromatic heterocycles. The van der Waals surface area contributed by atoms with E-state index >= 15 is 0 Å². The number of ether oxygens (including phenoxy) is 3. The van der Waals surface area contributed by atoms with E-state index in [0.29, 0.717) is 35.2 Å². The predicted molar refractivity (Wildman–Crippen MR) is 144 cm³/mol. The summed E-state index contributed by atoms with van der Waals surface area (Å²) in [5, 5.41) is 2.82. The van der Waals surface area contributed by atoms with Gasteiger partial charge in [0.1, 0.15) is 23.3 Å². The Labute approximate surface area is 221 Å². The second-order valence-corrected chi connectivity index (χ2v) is 8.77. The number of amides is 4. The molecule has 3 aromatic rings. The van der Waals surface area contributed by atoms with E-state index in [9.17, 15) is 14.4 Å². The Morgan fingerprint density at radius 3 is 2.00 bits per heavy atom. The van der Waals surface area contributed by atoms with Crippen LogP contribution in [0, 0.1) is 0 Å². The Bertz CT molecular complexity index is 1260. The Balaban J connectivity index is 1.54. The summed E-state index contributed by atoms with van der Waals surface area (Å²) in [6.45, 7) is 2.79. The molecule has 1 atom stereocenters. The van der Waals surface area contributed by atoms with E-state index in [2.05, 4.69) is 5.32 Å². The number of carbonyl (C=O) groups is 3. The molecule has 1 fully saturated rings. The third kappa shape index (κ3) is 6.05. The van der Waals surface area contributed by atoms with Crippen molar-refractivity contribution in [1.29, 1.82) is 0 Å². The van der Waals surface area contributed by atoms with Crippen LogP contribution in [0.25, 0.3) is 0 Å². The van der Waals surface area contributed by atoms with E-state index in [4.69, 9.17) is 14.2 Å². The molecule has 9 nitrogen and oxygen atoms in total. The van der Waals surface area contributed by atoms with E-state index in [1.807, 2.05) is 19.1 Å². The molecular formula is C29H31N3O6. The highest BCUT2D eigenvalue weighted by Gasteiger charge is 2.46. The minimum Gasteiger partial charge on any atom is -0.497 e. The highest BCUT2D eigenvalue weighted by atomic mass is 16.5. The van der Waals surface area contributed by atoms with E-state index in [0.717, 1.165) is 16.9 Å². The van der Waals surface area contributed by atoms with Crippen molar-refractivity contribution in [3.63, 3.8) is 0 Å². The highest BCUT2D eigenvalue weighted by molar-refractivity contribution is 6.22. The first-order valence-corrected chi connectivity index (χ1v) is 12.4. The van der Waals surface area contributed by atoms with E-state index in [-0.39, 0.29) is 18.9 Å². The summed E-state index contributed by atoms with van der Waals surface area (Å²) < 4.78 is 16.0. The zero-order valence-corrected chi connectivity index (χ0v) is 21.7. The van der Waals surface area contributed by atoms with Gasteiger partial charge >= 0.3 is 6.03 Å². The molecule has 0 bridgehead atoms. The summed E-state index contributed by atoms with van der Waals surface area (Å²) in [5.74, 6) is 1.15. The number of nitrogens with one attached hydrogen (secondary N) is 1. The van der Waals surface area contributed by atoms with Crippen molar-refractivity contribution in [2.24, 2.45) is 0 Å². The van der Waals surface area contributed by atoms with Gasteiger partial charge in [0, 0.05) is 12.2 Å². The summed E-state index contributed by atoms with van der Waals surface area (Å²) >= 11 is 0. The lowest BCUT2D eigenvalue weighted by Crippen LogP contribution is -2.37. The third-order valence-electron chi connectivity index (χ3n) is 6.15. The Morgan fingerprint density at radius 1 is 0.842 bits per heavy atom. The molecule has 198 valence electrons. The van der Waals surface area contributed by atoms with Gasteiger partial charge in [-0.3, -0.25) is 9.59 Å². The van der Waals surface area contributed by atoms with Gasteiger partial charge in [-0.25, -0.2) is 9.69 Å². The number of hydrogen-bond donors (Lipinski definition) is 1. The molecule has 1 heterocycles. The van der Waals surface area contributed by atoms with E-state index in [1.54, 1.807) is 67.8 Å². The predicted octanol–water partition coefficient (Wildman–Crippen LogP) is 4.86. The average molecular weight is 518 g/mol. The summed E-state index contributed by atoms with van der Waals surface area (Å²) in [5.41, 5.74) is 1.78. The number of rotatable bonds is 11. The second kappa shape index (κ2) is 12.1. The van der Waals surface area contributed by atoms with E-state index < -0.39 is 18.0 Å². The maximum Gasteiger partial charge on any atom is 0.332 e. The standard InChI is InChI=1S/C29H31N3O6/c1-4-17-38-25-13-7-21(8-14-25)30-27(33)18-26-28(34)32(22-9-15-24(37-3)16-10-22)29(35)31(26)19-20-5-11-23(36-2)12-6-20/h5-16,26H,4,17-19H2,1-3H3,(H,30,33)/t26-/m0/s1. The first-order valence-electron chi connectivity index (χ1n) is 12.4. The zero-order chi connectivity index (χ0) is 27.1. The maximum absolute atomic E-state index is 13.5. The molecule has 4 rings (SSSR count). The van der Waals surface area contributed by atoms with E-state index in [1.165, 1.54) is 12.0 Å². The highest BCUT2D eigenvalue weighted by Crippen LogP contribution is 2.30. The van der Waals surface area contributed by atoms with Crippen LogP contribution in [0.4, 0.5) is 16.2 Å². The molecule has 9 heteroatoms. The average Bonchev–Trinajstić information content (AvgIpc) is 3.16. The van der Waals surface area contributed by atoms with Gasteiger partial charge in [-0.05, 0) is 72.6 Å². The van der Waals surface area contributed by atoms with Crippen LogP contribution in [-0.2, 0) is 16.1 Å². The van der Waals surface area contributed by atoms with Gasteiger partial charge in [0.25, 0.3) is 5.91 Å². The summed E-state index contributed by atoms with van der Waals surface area (Å²) in [6.07, 6.45) is 0.703. The zero-order valence-electron chi connectivity index (χ0n) is 21.7. The van der Waals surface area contributed by atoms with Gasteiger partial charge in [-0.15, -0.1) is 0 Å². The number of imide groups is 1. The summed E-state index contributed by atoms with van der Waals surface area (Å²) in [6, 6.07) is 19.4. The van der Waals surface area contributed by atoms with Crippen molar-refractivity contribution in [2.75, 3.05) is 31.0 Å². The Hall–Kier alpha value is -4.53. The molecule has 4 amide bonds. The van der Waals surface area contributed by atoms with Gasteiger partial charge in [0.05, 0.1) is 32.9 Å². The van der Waals surface area contributed by atoms with Crippen LogP contribution >= 0.6 is 0 Å². The molecule has 1 aliphatic heterocycles. The fourth-order valence-electron chi connectivity index (χ4n) is 4.15. The largest absolute Gasteiger partial charge is 0.497 e. The van der Waals surface area contributed by atoms with Gasteiger partial charge in [0.15, 0.2) is 0 Å². The van der Waals surface area contributed by atoms with Crippen LogP contribution in [0.2, 0.25) is 0 Å². The SMILES string of the molecule is CCCOc1ccc(NC(=O)C[C@H]2C(=O)N(c3ccc(OC)cc3)C(=O)N2Cc2ccc(OC)cc2)cc1. The first kappa shape index (κ1) is 26.5. The van der Waals surface area contributed by atoms with Crippen LogP contribution in [0.5, 0.6) is 17.2 Å². The third-order valence-corrected chi connectivity index (χ3v) is 6.15. The van der Waals surface area contributed by atoms with Crippen molar-refractivity contribution in [3.8, 4) is 17.2 Å². The van der Waals surface area contributed by atoms with Crippen LogP contribution < -0.4 is 24.4 Å². The van der Waals surface area contributed by atoms with Crippen LogP contribution in [0.15, 0.2) is 72.8 Å². The molecule has 1 aliphatic rings. The van der Waals surface area contributed by atoms with Crippen LogP contribution in [0.3, 0.4) is 0 Å². The number of anilines is 2. The molecule has 0 saturated carbocycles. The number of urea groups is 1. The molecule has 0 unspecified atom stereocenters. The summed E-state index contributed by atoms with van der Waals surface area (Å²) in [4.78, 5) is 42.6. The fraction of sp³-hybridized carbons (Fsp3) is 0.276. The summed E-state index contributed by atoms with van der Waals surface area (Å²) in [7, 11) is 3.11. The molecule has 3 aromatic carbocycles. The maximum atomic E-state index is 13.5. The lowest BCUT2D eigenvalue weighted by molar-refractivity contribution is -0.124. The molecule has 1 N–H and O–H groups in total. The number of nitrogens with zero attached hydrogens (tertiary/aromatic N) is 2. The van der Waals surface area contributed by atoms with Crippen molar-refractivity contribution in [1.82, 2.24) is 4.90 Å². The minimum absolute atomic E-state index is 0.155. The number of methoxy groups -OCH3 is 2. The second-order valence-electron chi connectivity index (χ2n) is 8.77. The van der Waals surface area contributed by atoms with Crippen LogP contribution in [-0.4, -0.2) is 49.6 Å². The number of hydrogen-bond acceptors (Lipinski definition) is 6. The quantitative estimate of drug-likeness (QED) is 0.365. The molecule has 38 heavy (non-hydrogen) atoms. The molecule has 1 saturated heterocycles. The van der Waals surface area contributed by atoms with Gasteiger partial charge in [0.2, 0.25) is 5.91 Å². The number of benzene rings is 3. The molecule has 0 aliphatic carbocycles. The molecule has 0 spiro atoms. The van der Waals surface area contributed by atoms with Crippen molar-refractivity contribution in [2.45, 2.75) is 32.4 Å². The topological polar surface area (TPSA) is 97.4 Å². The molecule has 0 radical (unpaired) electrons. The Morgan fingerprint density at radius 2 is 1.42 bits per heavy atom. The van der Waals surface area contributed by atoms with Crippen molar-refractivity contribution < 1.29 is 28.6 Å². The van der Waals surface area contributed by atoms with Crippen molar-refractivity contribution in [3.05, 3.63) is 78.4 Å². The lowest BCUT2D eigenvalue weighted by atomic mass is 10.1. The van der Waals surface area contributed by atoms with Gasteiger partial charge in [-0.1, -0.05) is 19.1 Å². The van der Waals surface area contributed by atoms with Crippen LogP contribution in [0.1, 0.15) is 25.3 Å². The minimum atomic E-state index is -0.973.